The molecule has 0 saturated carbocycles. The molecule has 7 nitrogen and oxygen atoms in total. The zero-order chi connectivity index (χ0) is 19.7. The molecule has 1 fully saturated rings. The summed E-state index contributed by atoms with van der Waals surface area (Å²) in [6.45, 7) is 5.12. The van der Waals surface area contributed by atoms with Crippen LogP contribution in [0.2, 0.25) is 0 Å². The monoisotopic (exact) mass is 380 g/mol. The number of nitrogens with one attached hydrogen (secondary N) is 2. The summed E-state index contributed by atoms with van der Waals surface area (Å²) in [5, 5.41) is 3.86. The van der Waals surface area contributed by atoms with Crippen LogP contribution >= 0.6 is 0 Å². The van der Waals surface area contributed by atoms with E-state index in [1.807, 2.05) is 12.1 Å². The number of methoxy groups -OCH3 is 2. The minimum atomic E-state index is -0.237. The predicted molar refractivity (Wildman–Crippen MR) is 111 cm³/mol. The molecule has 0 amide bonds. The van der Waals surface area contributed by atoms with Gasteiger partial charge in [-0.15, -0.1) is 0 Å². The van der Waals surface area contributed by atoms with Gasteiger partial charge in [-0.25, -0.2) is 4.98 Å². The number of aromatic nitrogens is 2. The van der Waals surface area contributed by atoms with E-state index in [0.29, 0.717) is 34.3 Å². The van der Waals surface area contributed by atoms with Crippen molar-refractivity contribution in [2.75, 3.05) is 38.8 Å². The number of benzene rings is 2. The molecule has 1 atom stereocenters. The molecule has 1 saturated heterocycles. The number of ether oxygens (including phenoxy) is 2. The van der Waals surface area contributed by atoms with E-state index < -0.39 is 0 Å². The van der Waals surface area contributed by atoms with Crippen LogP contribution in [0.15, 0.2) is 41.2 Å². The molecule has 1 aliphatic rings. The number of piperazine rings is 1. The van der Waals surface area contributed by atoms with Gasteiger partial charge >= 0.3 is 0 Å². The number of hydrogen-bond donors (Lipinski definition) is 2. The second-order valence-electron chi connectivity index (χ2n) is 6.99. The van der Waals surface area contributed by atoms with Gasteiger partial charge in [0.05, 0.1) is 19.7 Å². The van der Waals surface area contributed by atoms with Crippen molar-refractivity contribution in [1.29, 1.82) is 0 Å². The van der Waals surface area contributed by atoms with E-state index in [0.717, 1.165) is 25.2 Å². The largest absolute Gasteiger partial charge is 0.497 e. The standard InChI is InChI=1S/C21H24N4O3/c1-13-12-25(9-8-22-13)15-6-4-14(5-7-15)20-23-17-10-16(27-2)11-18(28-3)19(17)21(26)24-20/h4-7,10-11,13,22H,8-9,12H2,1-3H3,(H,23,24,26). The lowest BCUT2D eigenvalue weighted by Gasteiger charge is -2.33. The number of aromatic amines is 1. The van der Waals surface area contributed by atoms with Crippen molar-refractivity contribution in [3.05, 3.63) is 46.8 Å². The summed E-state index contributed by atoms with van der Waals surface area (Å²) in [4.78, 5) is 22.5. The zero-order valence-electron chi connectivity index (χ0n) is 16.3. The Kier molecular flexibility index (Phi) is 4.92. The van der Waals surface area contributed by atoms with Crippen molar-refractivity contribution < 1.29 is 9.47 Å². The summed E-state index contributed by atoms with van der Waals surface area (Å²) >= 11 is 0. The Hall–Kier alpha value is -3.06. The first kappa shape index (κ1) is 18.3. The number of anilines is 1. The molecule has 0 spiro atoms. The molecule has 1 aromatic heterocycles. The molecule has 3 aromatic rings. The summed E-state index contributed by atoms with van der Waals surface area (Å²) in [5.41, 5.74) is 2.32. The number of H-pyrrole nitrogens is 1. The first-order chi connectivity index (χ1) is 13.6. The molecular formula is C21H24N4O3. The molecule has 0 bridgehead atoms. The highest BCUT2D eigenvalue weighted by atomic mass is 16.5. The Balaban J connectivity index is 1.72. The Morgan fingerprint density at radius 1 is 1.14 bits per heavy atom. The minimum absolute atomic E-state index is 0.237. The maximum absolute atomic E-state index is 12.7. The lowest BCUT2D eigenvalue weighted by atomic mass is 10.1. The Labute approximate surface area is 163 Å². The van der Waals surface area contributed by atoms with Crippen LogP contribution in [0.5, 0.6) is 11.5 Å². The van der Waals surface area contributed by atoms with Gasteiger partial charge in [-0.05, 0) is 31.2 Å². The first-order valence-corrected chi connectivity index (χ1v) is 9.34. The van der Waals surface area contributed by atoms with Crippen LogP contribution in [-0.2, 0) is 0 Å². The van der Waals surface area contributed by atoms with Gasteiger partial charge < -0.3 is 24.7 Å². The van der Waals surface area contributed by atoms with Gasteiger partial charge in [0.15, 0.2) is 0 Å². The third-order valence-corrected chi connectivity index (χ3v) is 5.08. The fraction of sp³-hybridized carbons (Fsp3) is 0.333. The van der Waals surface area contributed by atoms with E-state index >= 15 is 0 Å². The fourth-order valence-electron chi connectivity index (χ4n) is 3.62. The van der Waals surface area contributed by atoms with Crippen LogP contribution in [0.3, 0.4) is 0 Å². The van der Waals surface area contributed by atoms with Gasteiger partial charge in [-0.2, -0.15) is 0 Å². The minimum Gasteiger partial charge on any atom is -0.497 e. The lowest BCUT2D eigenvalue weighted by molar-refractivity contribution is 0.397. The average molecular weight is 380 g/mol. The maximum Gasteiger partial charge on any atom is 0.262 e. The highest BCUT2D eigenvalue weighted by molar-refractivity contribution is 5.87. The van der Waals surface area contributed by atoms with Crippen LogP contribution < -0.4 is 25.2 Å². The molecule has 7 heteroatoms. The summed E-state index contributed by atoms with van der Waals surface area (Å²) in [6, 6.07) is 12.0. The molecule has 2 N–H and O–H groups in total. The number of hydrogen-bond acceptors (Lipinski definition) is 6. The van der Waals surface area contributed by atoms with Gasteiger partial charge in [0.25, 0.3) is 5.56 Å². The summed E-state index contributed by atoms with van der Waals surface area (Å²) < 4.78 is 10.6. The molecule has 1 aliphatic heterocycles. The van der Waals surface area contributed by atoms with Crippen molar-refractivity contribution in [2.24, 2.45) is 0 Å². The Morgan fingerprint density at radius 2 is 1.93 bits per heavy atom. The fourth-order valence-corrected chi connectivity index (χ4v) is 3.62. The number of rotatable bonds is 4. The van der Waals surface area contributed by atoms with Crippen molar-refractivity contribution >= 4 is 16.6 Å². The molecular weight excluding hydrogens is 356 g/mol. The summed E-state index contributed by atoms with van der Waals surface area (Å²) in [5.74, 6) is 1.56. The third kappa shape index (κ3) is 3.41. The van der Waals surface area contributed by atoms with E-state index in [-0.39, 0.29) is 5.56 Å². The summed E-state index contributed by atoms with van der Waals surface area (Å²) in [7, 11) is 3.10. The zero-order valence-corrected chi connectivity index (χ0v) is 16.3. The van der Waals surface area contributed by atoms with E-state index in [1.165, 1.54) is 12.8 Å². The van der Waals surface area contributed by atoms with Crippen molar-refractivity contribution in [3.8, 4) is 22.9 Å². The van der Waals surface area contributed by atoms with Gasteiger partial charge in [0, 0.05) is 49.1 Å². The van der Waals surface area contributed by atoms with Crippen molar-refractivity contribution in [1.82, 2.24) is 15.3 Å². The second kappa shape index (κ2) is 7.52. The highest BCUT2D eigenvalue weighted by Crippen LogP contribution is 2.29. The van der Waals surface area contributed by atoms with E-state index in [1.54, 1.807) is 19.2 Å². The third-order valence-electron chi connectivity index (χ3n) is 5.08. The van der Waals surface area contributed by atoms with Crippen LogP contribution in [0.4, 0.5) is 5.69 Å². The van der Waals surface area contributed by atoms with Gasteiger partial charge in [-0.1, -0.05) is 0 Å². The van der Waals surface area contributed by atoms with Gasteiger partial charge in [-0.3, -0.25) is 4.79 Å². The summed E-state index contributed by atoms with van der Waals surface area (Å²) in [6.07, 6.45) is 0. The second-order valence-corrected chi connectivity index (χ2v) is 6.99. The van der Waals surface area contributed by atoms with E-state index in [4.69, 9.17) is 9.47 Å². The topological polar surface area (TPSA) is 79.5 Å². The van der Waals surface area contributed by atoms with Crippen LogP contribution in [-0.4, -0.2) is 49.9 Å². The average Bonchev–Trinajstić information content (AvgIpc) is 2.72. The smallest absolute Gasteiger partial charge is 0.262 e. The number of nitrogens with zero attached hydrogens (tertiary/aromatic N) is 2. The quantitative estimate of drug-likeness (QED) is 0.724. The Bertz CT molecular complexity index is 1050. The SMILES string of the molecule is COc1cc(OC)c2c(=O)[nH]c(-c3ccc(N4CCNC(C)C4)cc3)nc2c1. The highest BCUT2D eigenvalue weighted by Gasteiger charge is 2.17. The maximum atomic E-state index is 12.7. The lowest BCUT2D eigenvalue weighted by Crippen LogP contribution is -2.49. The molecule has 2 heterocycles. The van der Waals surface area contributed by atoms with Crippen LogP contribution in [0, 0.1) is 0 Å². The molecule has 0 aliphatic carbocycles. The molecule has 28 heavy (non-hydrogen) atoms. The van der Waals surface area contributed by atoms with Crippen LogP contribution in [0.1, 0.15) is 6.92 Å². The van der Waals surface area contributed by atoms with E-state index in [2.05, 4.69) is 39.2 Å². The van der Waals surface area contributed by atoms with E-state index in [9.17, 15) is 4.79 Å². The van der Waals surface area contributed by atoms with Gasteiger partial charge in [0.2, 0.25) is 0 Å². The molecule has 0 radical (unpaired) electrons. The van der Waals surface area contributed by atoms with Crippen molar-refractivity contribution in [3.63, 3.8) is 0 Å². The van der Waals surface area contributed by atoms with Gasteiger partial charge in [0.1, 0.15) is 22.7 Å². The molecule has 4 rings (SSSR count). The predicted octanol–water partition coefficient (Wildman–Crippen LogP) is 2.41. The van der Waals surface area contributed by atoms with Crippen LogP contribution in [0.25, 0.3) is 22.3 Å². The molecule has 146 valence electrons. The Morgan fingerprint density at radius 3 is 2.61 bits per heavy atom. The number of fused-ring (bicyclic) bond motifs is 1. The normalized spacial score (nSPS) is 17.0. The molecule has 1 unspecified atom stereocenters. The van der Waals surface area contributed by atoms with Crippen molar-refractivity contribution in [2.45, 2.75) is 13.0 Å². The molecule has 2 aromatic carbocycles. The first-order valence-electron chi connectivity index (χ1n) is 9.34.